The average Bonchev–Trinajstić information content (AvgIpc) is 2.38. The summed E-state index contributed by atoms with van der Waals surface area (Å²) in [6.07, 6.45) is 1.81. The van der Waals surface area contributed by atoms with Gasteiger partial charge in [0, 0.05) is 19.6 Å². The van der Waals surface area contributed by atoms with Gasteiger partial charge >= 0.3 is 5.97 Å². The first-order chi connectivity index (χ1) is 8.95. The van der Waals surface area contributed by atoms with E-state index in [9.17, 15) is 9.59 Å². The Kier molecular flexibility index (Phi) is 6.28. The third kappa shape index (κ3) is 4.82. The molecule has 0 N–H and O–H groups in total. The predicted octanol–water partition coefficient (Wildman–Crippen LogP) is 1.13. The van der Waals surface area contributed by atoms with Gasteiger partial charge in [-0.15, -0.1) is 0 Å². The number of piperidine rings is 1. The molecule has 1 fully saturated rings. The third-order valence-electron chi connectivity index (χ3n) is 3.65. The second-order valence-corrected chi connectivity index (χ2v) is 5.42. The van der Waals surface area contributed by atoms with Crippen molar-refractivity contribution >= 4 is 11.9 Å². The van der Waals surface area contributed by atoms with Gasteiger partial charge in [-0.25, -0.2) is 0 Å². The van der Waals surface area contributed by atoms with Gasteiger partial charge in [0.25, 0.3) is 0 Å². The van der Waals surface area contributed by atoms with E-state index >= 15 is 0 Å². The molecule has 0 aromatic rings. The molecule has 0 aliphatic carbocycles. The highest BCUT2D eigenvalue weighted by Crippen LogP contribution is 2.18. The molecule has 0 aromatic heterocycles. The van der Waals surface area contributed by atoms with Crippen molar-refractivity contribution in [3.05, 3.63) is 0 Å². The minimum atomic E-state index is -0.128. The van der Waals surface area contributed by atoms with Crippen LogP contribution in [0, 0.1) is 5.92 Å². The number of nitrogens with zero attached hydrogens (tertiary/aromatic N) is 2. The zero-order valence-electron chi connectivity index (χ0n) is 12.5. The lowest BCUT2D eigenvalue weighted by atomic mass is 9.98. The second kappa shape index (κ2) is 7.48. The average molecular weight is 270 g/mol. The molecule has 110 valence electrons. The van der Waals surface area contributed by atoms with E-state index < -0.39 is 0 Å². The van der Waals surface area contributed by atoms with Crippen molar-refractivity contribution in [3.63, 3.8) is 0 Å². The number of hydrogen-bond acceptors (Lipinski definition) is 4. The second-order valence-electron chi connectivity index (χ2n) is 5.42. The van der Waals surface area contributed by atoms with E-state index in [1.165, 1.54) is 0 Å². The molecule has 1 saturated heterocycles. The van der Waals surface area contributed by atoms with Crippen LogP contribution in [-0.4, -0.2) is 61.0 Å². The number of carbonyl (C=O) groups is 2. The van der Waals surface area contributed by atoms with E-state index in [-0.39, 0.29) is 23.8 Å². The Labute approximate surface area is 115 Å². The van der Waals surface area contributed by atoms with Crippen LogP contribution in [0.25, 0.3) is 0 Å². The van der Waals surface area contributed by atoms with E-state index in [1.807, 2.05) is 27.8 Å². The Morgan fingerprint density at radius 3 is 2.68 bits per heavy atom. The van der Waals surface area contributed by atoms with Crippen LogP contribution in [0.5, 0.6) is 0 Å². The van der Waals surface area contributed by atoms with E-state index in [2.05, 4.69) is 4.90 Å². The van der Waals surface area contributed by atoms with Crippen molar-refractivity contribution in [1.29, 1.82) is 0 Å². The maximum atomic E-state index is 12.0. The van der Waals surface area contributed by atoms with Crippen LogP contribution in [0.1, 0.15) is 33.6 Å². The molecule has 0 bridgehead atoms. The Morgan fingerprint density at radius 1 is 1.42 bits per heavy atom. The number of amides is 1. The minimum absolute atomic E-state index is 0.0779. The molecular formula is C14H26N2O3. The van der Waals surface area contributed by atoms with Crippen LogP contribution in [0.3, 0.4) is 0 Å². The summed E-state index contributed by atoms with van der Waals surface area (Å²) in [5.41, 5.74) is 0. The fourth-order valence-corrected chi connectivity index (χ4v) is 2.24. The van der Waals surface area contributed by atoms with E-state index in [1.54, 1.807) is 4.90 Å². The number of esters is 1. The lowest BCUT2D eigenvalue weighted by Crippen LogP contribution is -2.46. The first kappa shape index (κ1) is 16.0. The van der Waals surface area contributed by atoms with Crippen molar-refractivity contribution < 1.29 is 14.3 Å². The molecule has 1 unspecified atom stereocenters. The van der Waals surface area contributed by atoms with Gasteiger partial charge in [0.2, 0.25) is 5.91 Å². The zero-order valence-corrected chi connectivity index (χ0v) is 12.5. The quantitative estimate of drug-likeness (QED) is 0.703. The minimum Gasteiger partial charge on any atom is -0.466 e. The molecule has 1 heterocycles. The van der Waals surface area contributed by atoms with Gasteiger partial charge in [0.05, 0.1) is 19.1 Å². The van der Waals surface area contributed by atoms with Gasteiger partial charge < -0.3 is 9.64 Å². The van der Waals surface area contributed by atoms with E-state index in [0.717, 1.165) is 19.4 Å². The summed E-state index contributed by atoms with van der Waals surface area (Å²) >= 11 is 0. The van der Waals surface area contributed by atoms with Crippen molar-refractivity contribution in [2.75, 3.05) is 33.3 Å². The summed E-state index contributed by atoms with van der Waals surface area (Å²) < 4.78 is 5.06. The van der Waals surface area contributed by atoms with Crippen molar-refractivity contribution in [2.24, 2.45) is 5.92 Å². The van der Waals surface area contributed by atoms with Gasteiger partial charge in [-0.3, -0.25) is 14.5 Å². The first-order valence-electron chi connectivity index (χ1n) is 7.10. The number of rotatable bonds is 5. The molecule has 1 aliphatic rings. The molecule has 5 nitrogen and oxygen atoms in total. The predicted molar refractivity (Wildman–Crippen MR) is 73.7 cm³/mol. The van der Waals surface area contributed by atoms with E-state index in [4.69, 9.17) is 4.74 Å². The summed E-state index contributed by atoms with van der Waals surface area (Å²) in [4.78, 5) is 27.6. The molecule has 0 radical (unpaired) electrons. The van der Waals surface area contributed by atoms with Crippen LogP contribution in [-0.2, 0) is 14.3 Å². The molecule has 5 heteroatoms. The van der Waals surface area contributed by atoms with Gasteiger partial charge in [-0.2, -0.15) is 0 Å². The van der Waals surface area contributed by atoms with Crippen molar-refractivity contribution in [2.45, 2.75) is 39.7 Å². The van der Waals surface area contributed by atoms with Gasteiger partial charge in [-0.1, -0.05) is 0 Å². The summed E-state index contributed by atoms with van der Waals surface area (Å²) in [5.74, 6) is -0.0952. The smallest absolute Gasteiger partial charge is 0.310 e. The maximum absolute atomic E-state index is 12.0. The normalized spacial score (nSPS) is 20.4. The van der Waals surface area contributed by atoms with Gasteiger partial charge in [0.1, 0.15) is 0 Å². The lowest BCUT2D eigenvalue weighted by Gasteiger charge is -2.32. The first-order valence-corrected chi connectivity index (χ1v) is 7.10. The number of hydrogen-bond donors (Lipinski definition) is 0. The Balaban J connectivity index is 2.47. The number of carbonyl (C=O) groups excluding carboxylic acids is 2. The lowest BCUT2D eigenvalue weighted by molar-refractivity contribution is -0.150. The van der Waals surface area contributed by atoms with Gasteiger partial charge in [0.15, 0.2) is 0 Å². The van der Waals surface area contributed by atoms with Crippen LogP contribution >= 0.6 is 0 Å². The Hall–Kier alpha value is -1.10. The topological polar surface area (TPSA) is 49.9 Å². The highest BCUT2D eigenvalue weighted by atomic mass is 16.5. The highest BCUT2D eigenvalue weighted by molar-refractivity contribution is 5.78. The van der Waals surface area contributed by atoms with Crippen LogP contribution in [0.4, 0.5) is 0 Å². The van der Waals surface area contributed by atoms with Gasteiger partial charge in [-0.05, 0) is 40.2 Å². The molecule has 1 rings (SSSR count). The monoisotopic (exact) mass is 270 g/mol. The highest BCUT2D eigenvalue weighted by Gasteiger charge is 2.28. The van der Waals surface area contributed by atoms with Crippen LogP contribution in [0.15, 0.2) is 0 Å². The SMILES string of the molecule is CCOC(=O)C1CCCN(CC(=O)N(C)C(C)C)C1. The molecule has 0 saturated carbocycles. The Bertz CT molecular complexity index is 318. The zero-order chi connectivity index (χ0) is 14.4. The third-order valence-corrected chi connectivity index (χ3v) is 3.65. The number of ether oxygens (including phenoxy) is 1. The Morgan fingerprint density at radius 2 is 2.11 bits per heavy atom. The maximum Gasteiger partial charge on any atom is 0.310 e. The fourth-order valence-electron chi connectivity index (χ4n) is 2.24. The summed E-state index contributed by atoms with van der Waals surface area (Å²) in [6, 6.07) is 0.207. The summed E-state index contributed by atoms with van der Waals surface area (Å²) in [6.45, 7) is 8.14. The standard InChI is InChI=1S/C14H26N2O3/c1-5-19-14(18)12-7-6-8-16(9-12)10-13(17)15(4)11(2)3/h11-12H,5-10H2,1-4H3. The molecule has 0 aromatic carbocycles. The molecule has 1 atom stereocenters. The summed E-state index contributed by atoms with van der Waals surface area (Å²) in [7, 11) is 1.82. The fraction of sp³-hybridized carbons (Fsp3) is 0.857. The van der Waals surface area contributed by atoms with Crippen LogP contribution < -0.4 is 0 Å². The largest absolute Gasteiger partial charge is 0.466 e. The number of likely N-dealkylation sites (N-methyl/N-ethyl adjacent to an activating group) is 1. The van der Waals surface area contributed by atoms with E-state index in [0.29, 0.717) is 19.7 Å². The molecular weight excluding hydrogens is 244 g/mol. The van der Waals surface area contributed by atoms with Crippen molar-refractivity contribution in [3.8, 4) is 0 Å². The molecule has 1 amide bonds. The molecule has 0 spiro atoms. The summed E-state index contributed by atoms with van der Waals surface area (Å²) in [5, 5.41) is 0. The van der Waals surface area contributed by atoms with Crippen molar-refractivity contribution in [1.82, 2.24) is 9.80 Å². The van der Waals surface area contributed by atoms with Crippen LogP contribution in [0.2, 0.25) is 0 Å². The molecule has 19 heavy (non-hydrogen) atoms. The molecule has 1 aliphatic heterocycles. The number of likely N-dealkylation sites (tertiary alicyclic amines) is 1.